The Morgan fingerprint density at radius 2 is 1.89 bits per heavy atom. The Hall–Kier alpha value is -0.520. The Balaban J connectivity index is 0.00000324. The van der Waals surface area contributed by atoms with Crippen LogP contribution < -0.4 is 11.1 Å². The van der Waals surface area contributed by atoms with Crippen molar-refractivity contribution in [2.45, 2.75) is 18.9 Å². The summed E-state index contributed by atoms with van der Waals surface area (Å²) in [6.45, 7) is 0.597. The van der Waals surface area contributed by atoms with E-state index in [2.05, 4.69) is 5.32 Å². The molecule has 0 saturated carbocycles. The van der Waals surface area contributed by atoms with E-state index in [9.17, 15) is 9.90 Å². The van der Waals surface area contributed by atoms with Crippen molar-refractivity contribution in [1.82, 2.24) is 5.32 Å². The first-order chi connectivity index (χ1) is 8.52. The minimum atomic E-state index is -0.831. The molecular weight excluding hydrogens is 311 g/mol. The summed E-state index contributed by atoms with van der Waals surface area (Å²) in [6.07, 6.45) is 0.160. The predicted molar refractivity (Wildman–Crippen MR) is 80.0 cm³/mol. The molecule has 0 heterocycles. The lowest BCUT2D eigenvalue weighted by Gasteiger charge is -2.13. The van der Waals surface area contributed by atoms with Gasteiger partial charge in [-0.15, -0.1) is 12.4 Å². The van der Waals surface area contributed by atoms with Gasteiger partial charge in [0.2, 0.25) is 5.91 Å². The highest BCUT2D eigenvalue weighted by atomic mass is 35.5. The van der Waals surface area contributed by atoms with E-state index >= 15 is 0 Å². The molecule has 0 saturated heterocycles. The van der Waals surface area contributed by atoms with Crippen LogP contribution in [0.2, 0.25) is 10.0 Å². The molecule has 1 aromatic rings. The van der Waals surface area contributed by atoms with Gasteiger partial charge in [-0.25, -0.2) is 0 Å². The van der Waals surface area contributed by atoms with E-state index in [1.165, 1.54) is 0 Å². The number of rotatable bonds is 6. The molecule has 4 nitrogen and oxygen atoms in total. The zero-order chi connectivity index (χ0) is 13.5. The molecule has 1 amide bonds. The third-order valence-corrected chi connectivity index (χ3v) is 2.81. The third kappa shape index (κ3) is 6.99. The molecule has 0 aliphatic heterocycles. The van der Waals surface area contributed by atoms with Gasteiger partial charge in [0.25, 0.3) is 0 Å². The molecular formula is C12H17Cl3N2O2. The van der Waals surface area contributed by atoms with Crippen molar-refractivity contribution in [2.24, 2.45) is 5.73 Å². The van der Waals surface area contributed by atoms with Crippen LogP contribution in [-0.2, 0) is 4.79 Å². The fraction of sp³-hybridized carbons (Fsp3) is 0.417. The first kappa shape index (κ1) is 18.5. The van der Waals surface area contributed by atoms with Gasteiger partial charge in [-0.3, -0.25) is 4.79 Å². The lowest BCUT2D eigenvalue weighted by atomic mass is 10.1. The van der Waals surface area contributed by atoms with Gasteiger partial charge in [-0.05, 0) is 36.7 Å². The largest absolute Gasteiger partial charge is 0.387 e. The molecule has 0 aromatic heterocycles. The highest BCUT2D eigenvalue weighted by Gasteiger charge is 2.10. The number of carbonyl (C=O) groups is 1. The van der Waals surface area contributed by atoms with Crippen molar-refractivity contribution in [2.75, 3.05) is 13.1 Å². The molecule has 0 radical (unpaired) electrons. The van der Waals surface area contributed by atoms with Gasteiger partial charge in [0, 0.05) is 23.0 Å². The number of halogens is 3. The molecule has 7 heteroatoms. The topological polar surface area (TPSA) is 75.4 Å². The van der Waals surface area contributed by atoms with Crippen LogP contribution in [0.5, 0.6) is 0 Å². The highest BCUT2D eigenvalue weighted by Crippen LogP contribution is 2.23. The summed E-state index contributed by atoms with van der Waals surface area (Å²) in [5.74, 6) is -0.132. The third-order valence-electron chi connectivity index (χ3n) is 2.37. The lowest BCUT2D eigenvalue weighted by molar-refractivity contribution is -0.121. The molecule has 108 valence electrons. The van der Waals surface area contributed by atoms with Gasteiger partial charge >= 0.3 is 0 Å². The summed E-state index contributed by atoms with van der Waals surface area (Å²) in [7, 11) is 0. The van der Waals surface area contributed by atoms with E-state index in [0.29, 0.717) is 35.0 Å². The average molecular weight is 328 g/mol. The van der Waals surface area contributed by atoms with Crippen molar-refractivity contribution in [1.29, 1.82) is 0 Å². The number of nitrogens with one attached hydrogen (secondary N) is 1. The molecule has 1 aromatic carbocycles. The van der Waals surface area contributed by atoms with Crippen LogP contribution in [0.4, 0.5) is 0 Å². The summed E-state index contributed by atoms with van der Waals surface area (Å²) < 4.78 is 0. The highest BCUT2D eigenvalue weighted by molar-refractivity contribution is 6.34. The van der Waals surface area contributed by atoms with Crippen LogP contribution in [0.3, 0.4) is 0 Å². The SMILES string of the molecule is Cl.NCCCC(=O)NCC(O)c1cc(Cl)cc(Cl)c1. The molecule has 0 bridgehead atoms. The van der Waals surface area contributed by atoms with Gasteiger partial charge in [0.1, 0.15) is 0 Å². The number of aliphatic hydroxyl groups is 1. The number of benzene rings is 1. The van der Waals surface area contributed by atoms with Gasteiger partial charge in [-0.2, -0.15) is 0 Å². The Morgan fingerprint density at radius 3 is 2.42 bits per heavy atom. The molecule has 4 N–H and O–H groups in total. The fourth-order valence-electron chi connectivity index (χ4n) is 1.45. The Morgan fingerprint density at radius 1 is 1.32 bits per heavy atom. The molecule has 0 spiro atoms. The number of hydrogen-bond acceptors (Lipinski definition) is 3. The zero-order valence-electron chi connectivity index (χ0n) is 10.2. The maximum Gasteiger partial charge on any atom is 0.220 e. The fourth-order valence-corrected chi connectivity index (χ4v) is 1.99. The standard InChI is InChI=1S/C12H16Cl2N2O2.ClH/c13-9-4-8(5-10(14)6-9)11(17)7-16-12(18)2-1-3-15;/h4-6,11,17H,1-3,7,15H2,(H,16,18);1H. The van der Waals surface area contributed by atoms with Crippen LogP contribution in [0.1, 0.15) is 24.5 Å². The Bertz CT molecular complexity index is 396. The summed E-state index contributed by atoms with van der Waals surface area (Å²) in [6, 6.07) is 4.81. The van der Waals surface area contributed by atoms with E-state index in [1.54, 1.807) is 18.2 Å². The van der Waals surface area contributed by atoms with Crippen LogP contribution >= 0.6 is 35.6 Å². The van der Waals surface area contributed by atoms with Crippen LogP contribution in [0.15, 0.2) is 18.2 Å². The minimum Gasteiger partial charge on any atom is -0.387 e. The normalized spacial score (nSPS) is 11.6. The van der Waals surface area contributed by atoms with Gasteiger partial charge in [0.05, 0.1) is 6.10 Å². The molecule has 1 rings (SSSR count). The lowest BCUT2D eigenvalue weighted by Crippen LogP contribution is -2.28. The van der Waals surface area contributed by atoms with Crippen molar-refractivity contribution in [3.8, 4) is 0 Å². The molecule has 0 fully saturated rings. The maximum atomic E-state index is 11.3. The first-order valence-electron chi connectivity index (χ1n) is 5.63. The quantitative estimate of drug-likeness (QED) is 0.750. The van der Waals surface area contributed by atoms with E-state index in [4.69, 9.17) is 28.9 Å². The van der Waals surface area contributed by atoms with E-state index < -0.39 is 6.10 Å². The Labute approximate surface area is 128 Å². The van der Waals surface area contributed by atoms with Crippen molar-refractivity contribution in [3.05, 3.63) is 33.8 Å². The second kappa shape index (κ2) is 9.39. The molecule has 19 heavy (non-hydrogen) atoms. The number of aliphatic hydroxyl groups excluding tert-OH is 1. The summed E-state index contributed by atoms with van der Waals surface area (Å²) in [4.78, 5) is 11.3. The second-order valence-electron chi connectivity index (χ2n) is 3.91. The van der Waals surface area contributed by atoms with E-state index in [1.807, 2.05) is 0 Å². The van der Waals surface area contributed by atoms with Crippen molar-refractivity contribution in [3.63, 3.8) is 0 Å². The van der Waals surface area contributed by atoms with Crippen LogP contribution in [-0.4, -0.2) is 24.1 Å². The smallest absolute Gasteiger partial charge is 0.220 e. The molecule has 0 aliphatic carbocycles. The first-order valence-corrected chi connectivity index (χ1v) is 6.39. The maximum absolute atomic E-state index is 11.3. The van der Waals surface area contributed by atoms with Gasteiger partial charge < -0.3 is 16.2 Å². The zero-order valence-corrected chi connectivity index (χ0v) is 12.6. The van der Waals surface area contributed by atoms with Crippen molar-refractivity contribution >= 4 is 41.5 Å². The number of nitrogens with two attached hydrogens (primary N) is 1. The number of hydrogen-bond donors (Lipinski definition) is 3. The predicted octanol–water partition coefficient (Wildman–Crippen LogP) is 2.30. The minimum absolute atomic E-state index is 0. The molecule has 1 unspecified atom stereocenters. The second-order valence-corrected chi connectivity index (χ2v) is 4.79. The van der Waals surface area contributed by atoms with Crippen molar-refractivity contribution < 1.29 is 9.90 Å². The molecule has 0 aliphatic rings. The summed E-state index contributed by atoms with van der Waals surface area (Å²) >= 11 is 11.7. The van der Waals surface area contributed by atoms with Crippen LogP contribution in [0, 0.1) is 0 Å². The summed E-state index contributed by atoms with van der Waals surface area (Å²) in [5.41, 5.74) is 5.87. The summed E-state index contributed by atoms with van der Waals surface area (Å²) in [5, 5.41) is 13.4. The number of amides is 1. The monoisotopic (exact) mass is 326 g/mol. The molecule has 1 atom stereocenters. The number of carbonyl (C=O) groups excluding carboxylic acids is 1. The van der Waals surface area contributed by atoms with E-state index in [0.717, 1.165) is 0 Å². The van der Waals surface area contributed by atoms with Crippen LogP contribution in [0.25, 0.3) is 0 Å². The van der Waals surface area contributed by atoms with E-state index in [-0.39, 0.29) is 24.9 Å². The Kier molecular flexibility index (Phi) is 9.14. The van der Waals surface area contributed by atoms with Gasteiger partial charge in [0.15, 0.2) is 0 Å². The average Bonchev–Trinajstić information content (AvgIpc) is 2.32. The van der Waals surface area contributed by atoms with Gasteiger partial charge in [-0.1, -0.05) is 23.2 Å².